The van der Waals surface area contributed by atoms with Crippen molar-refractivity contribution in [3.05, 3.63) is 89.5 Å². The summed E-state index contributed by atoms with van der Waals surface area (Å²) in [5.41, 5.74) is 10.5. The summed E-state index contributed by atoms with van der Waals surface area (Å²) in [5.74, 6) is 9.88. The Bertz CT molecular complexity index is 1140. The molecule has 2 aromatic carbocycles. The Labute approximate surface area is 195 Å². The Morgan fingerprint density at radius 3 is 2.64 bits per heavy atom. The Morgan fingerprint density at radius 2 is 1.88 bits per heavy atom. The fourth-order valence-electron chi connectivity index (χ4n) is 4.92. The van der Waals surface area contributed by atoms with Crippen LogP contribution >= 0.6 is 0 Å². The second kappa shape index (κ2) is 8.71. The van der Waals surface area contributed by atoms with E-state index in [1.807, 2.05) is 54.9 Å². The highest BCUT2D eigenvalue weighted by Crippen LogP contribution is 2.46. The first-order valence-electron chi connectivity index (χ1n) is 11.7. The van der Waals surface area contributed by atoms with Crippen molar-refractivity contribution >= 4 is 12.1 Å². The molecule has 0 bridgehead atoms. The Hall–Kier alpha value is -3.06. The number of fused-ring (bicyclic) bond motifs is 1. The molecule has 2 heterocycles. The van der Waals surface area contributed by atoms with Crippen molar-refractivity contribution in [2.75, 3.05) is 0 Å². The molecule has 2 aliphatic heterocycles. The number of hydrogen-bond acceptors (Lipinski definition) is 5. The molecule has 1 saturated carbocycles. The van der Waals surface area contributed by atoms with Crippen LogP contribution in [0.15, 0.2) is 88.4 Å². The molecule has 4 N–H and O–H groups in total. The van der Waals surface area contributed by atoms with E-state index in [1.54, 1.807) is 6.20 Å². The minimum Gasteiger partial charge on any atom is -0.489 e. The summed E-state index contributed by atoms with van der Waals surface area (Å²) in [6.07, 6.45) is 7.60. The van der Waals surface area contributed by atoms with Crippen molar-refractivity contribution in [2.24, 2.45) is 39.3 Å². The lowest BCUT2D eigenvalue weighted by molar-refractivity contribution is -0.750. The van der Waals surface area contributed by atoms with Gasteiger partial charge in [0, 0.05) is 12.0 Å². The van der Waals surface area contributed by atoms with Crippen LogP contribution in [0.2, 0.25) is 0 Å². The second-order valence-corrected chi connectivity index (χ2v) is 9.61. The summed E-state index contributed by atoms with van der Waals surface area (Å²) in [7, 11) is 0. The summed E-state index contributed by atoms with van der Waals surface area (Å²) >= 11 is 0. The molecule has 1 fully saturated rings. The van der Waals surface area contributed by atoms with Crippen LogP contribution in [0.5, 0.6) is 5.75 Å². The summed E-state index contributed by atoms with van der Waals surface area (Å²) in [6, 6.07) is 18.4. The van der Waals surface area contributed by atoms with E-state index in [2.05, 4.69) is 31.0 Å². The third-order valence-electron chi connectivity index (χ3n) is 7.04. The molecule has 6 heteroatoms. The number of hydrogen-bond donors (Lipinski definition) is 2. The topological polar surface area (TPSA) is 86.0 Å². The largest absolute Gasteiger partial charge is 0.489 e. The van der Waals surface area contributed by atoms with Crippen molar-refractivity contribution in [2.45, 2.75) is 39.3 Å². The van der Waals surface area contributed by atoms with Gasteiger partial charge in [-0.05, 0) is 48.4 Å². The van der Waals surface area contributed by atoms with Crippen LogP contribution in [0.1, 0.15) is 37.8 Å². The van der Waals surface area contributed by atoms with E-state index < -0.39 is 0 Å². The zero-order valence-corrected chi connectivity index (χ0v) is 19.3. The van der Waals surface area contributed by atoms with Crippen LogP contribution in [0.3, 0.4) is 0 Å². The Kier molecular flexibility index (Phi) is 5.74. The normalized spacial score (nSPS) is 26.8. The lowest BCUT2D eigenvalue weighted by Crippen LogP contribution is -2.53. The van der Waals surface area contributed by atoms with Crippen LogP contribution in [0.25, 0.3) is 0 Å². The maximum absolute atomic E-state index is 6.91. The predicted octanol–water partition coefficient (Wildman–Crippen LogP) is 4.49. The zero-order valence-electron chi connectivity index (χ0n) is 19.3. The van der Waals surface area contributed by atoms with Gasteiger partial charge in [0.05, 0.1) is 18.0 Å². The number of ether oxygens (including phenoxy) is 1. The average molecular weight is 443 g/mol. The summed E-state index contributed by atoms with van der Waals surface area (Å²) in [5, 5.41) is 0. The second-order valence-electron chi connectivity index (χ2n) is 9.61. The lowest BCUT2D eigenvalue weighted by Gasteiger charge is -2.40. The molecule has 6 nitrogen and oxygen atoms in total. The molecular weight excluding hydrogens is 410 g/mol. The zero-order chi connectivity index (χ0) is 23.0. The first kappa shape index (κ1) is 21.8. The molecule has 0 amide bonds. The van der Waals surface area contributed by atoms with Crippen LogP contribution in [-0.4, -0.2) is 22.7 Å². The molecule has 0 saturated heterocycles. The van der Waals surface area contributed by atoms with Gasteiger partial charge in [-0.15, -0.1) is 4.59 Å². The van der Waals surface area contributed by atoms with E-state index in [1.165, 1.54) is 0 Å². The number of allylic oxidation sites excluding steroid dienone is 2. The van der Waals surface area contributed by atoms with Gasteiger partial charge in [0.2, 0.25) is 5.70 Å². The number of nitrogens with two attached hydrogens (primary N) is 2. The monoisotopic (exact) mass is 442 g/mol. The smallest absolute Gasteiger partial charge is 0.265 e. The molecule has 2 unspecified atom stereocenters. The SMILES string of the molecule is CC(C)C(N)C1CC(C2=C3C=NC=C[N+]3(N)C(c3cccc(OCc4ccccc4)c3)=N2)C1. The molecule has 0 spiro atoms. The first-order valence-corrected chi connectivity index (χ1v) is 11.7. The Balaban J connectivity index is 1.39. The number of aliphatic imine (C=N–C) groups is 2. The van der Waals surface area contributed by atoms with Crippen LogP contribution < -0.4 is 16.3 Å². The standard InChI is InChI=1S/C27H32N5O/c1-18(2)25(28)21-13-22(14-21)26-24-16-30-11-12-32(24,29)27(31-26)20-9-6-10-23(15-20)33-17-19-7-4-3-5-8-19/h3-12,15-16,18,21-22,25H,13-14,17,28-29H2,1-2H3/q+1. The van der Waals surface area contributed by atoms with E-state index in [0.717, 1.165) is 46.9 Å². The third-order valence-corrected chi connectivity index (χ3v) is 7.04. The number of benzene rings is 2. The van der Waals surface area contributed by atoms with Gasteiger partial charge in [0.15, 0.2) is 0 Å². The van der Waals surface area contributed by atoms with Crippen LogP contribution in [0, 0.1) is 17.8 Å². The average Bonchev–Trinajstić information content (AvgIpc) is 3.10. The van der Waals surface area contributed by atoms with Gasteiger partial charge in [0.25, 0.3) is 5.84 Å². The van der Waals surface area contributed by atoms with E-state index in [-0.39, 0.29) is 10.6 Å². The van der Waals surface area contributed by atoms with Gasteiger partial charge < -0.3 is 10.5 Å². The van der Waals surface area contributed by atoms with Gasteiger partial charge in [-0.2, -0.15) is 10.8 Å². The molecule has 5 rings (SSSR count). The number of rotatable bonds is 7. The van der Waals surface area contributed by atoms with Crippen molar-refractivity contribution in [1.82, 2.24) is 0 Å². The third kappa shape index (κ3) is 4.06. The van der Waals surface area contributed by atoms with E-state index in [9.17, 15) is 0 Å². The highest BCUT2D eigenvalue weighted by molar-refractivity contribution is 6.00. The molecule has 1 aliphatic carbocycles. The number of quaternary nitrogens is 1. The summed E-state index contributed by atoms with van der Waals surface area (Å²) in [6.45, 7) is 4.90. The minimum atomic E-state index is 0.0401. The number of amidine groups is 1. The molecule has 170 valence electrons. The van der Waals surface area contributed by atoms with Gasteiger partial charge in [-0.3, -0.25) is 4.99 Å². The fourth-order valence-corrected chi connectivity index (χ4v) is 4.92. The van der Waals surface area contributed by atoms with Crippen LogP contribution in [-0.2, 0) is 6.61 Å². The maximum Gasteiger partial charge on any atom is 0.265 e. The highest BCUT2D eigenvalue weighted by Gasteiger charge is 2.48. The molecule has 3 aliphatic rings. The number of nitrogens with zero attached hydrogens (tertiary/aromatic N) is 3. The molecule has 33 heavy (non-hydrogen) atoms. The van der Waals surface area contributed by atoms with Gasteiger partial charge in [0.1, 0.15) is 24.3 Å². The van der Waals surface area contributed by atoms with Gasteiger partial charge >= 0.3 is 0 Å². The van der Waals surface area contributed by atoms with E-state index in [4.69, 9.17) is 21.3 Å². The minimum absolute atomic E-state index is 0.0401. The lowest BCUT2D eigenvalue weighted by atomic mass is 9.67. The first-order chi connectivity index (χ1) is 16.0. The van der Waals surface area contributed by atoms with E-state index >= 15 is 0 Å². The van der Waals surface area contributed by atoms with Crippen molar-refractivity contribution in [1.29, 1.82) is 0 Å². The molecular formula is C27H32N5O+. The molecule has 2 atom stereocenters. The van der Waals surface area contributed by atoms with Crippen LogP contribution in [0.4, 0.5) is 0 Å². The van der Waals surface area contributed by atoms with Crippen molar-refractivity contribution in [3.8, 4) is 5.75 Å². The summed E-state index contributed by atoms with van der Waals surface area (Å²) in [4.78, 5) is 9.46. The van der Waals surface area contributed by atoms with Gasteiger partial charge in [-0.25, -0.2) is 0 Å². The predicted molar refractivity (Wildman–Crippen MR) is 132 cm³/mol. The Morgan fingerprint density at radius 1 is 1.09 bits per heavy atom. The summed E-state index contributed by atoms with van der Waals surface area (Å²) < 4.78 is 6.10. The van der Waals surface area contributed by atoms with Crippen molar-refractivity contribution in [3.63, 3.8) is 0 Å². The molecule has 0 radical (unpaired) electrons. The maximum atomic E-state index is 6.91. The molecule has 2 aromatic rings. The quantitative estimate of drug-likeness (QED) is 0.489. The fraction of sp³-hybridized carbons (Fsp3) is 0.333. The van der Waals surface area contributed by atoms with Gasteiger partial charge in [-0.1, -0.05) is 50.2 Å². The van der Waals surface area contributed by atoms with E-state index in [0.29, 0.717) is 24.4 Å². The highest BCUT2D eigenvalue weighted by atomic mass is 16.5. The van der Waals surface area contributed by atoms with Crippen molar-refractivity contribution < 1.29 is 9.33 Å². The molecule has 0 aromatic heterocycles.